The van der Waals surface area contributed by atoms with Crippen molar-refractivity contribution >= 4 is 33.2 Å². The fourth-order valence-corrected chi connectivity index (χ4v) is 3.06. The molecule has 2 rings (SSSR count). The minimum atomic E-state index is -3.52. The molecule has 0 fully saturated rings. The number of rotatable bonds is 6. The van der Waals surface area contributed by atoms with Gasteiger partial charge in [0.25, 0.3) is 0 Å². The monoisotopic (exact) mass is 366 g/mol. The fourth-order valence-electron chi connectivity index (χ4n) is 2.16. The summed E-state index contributed by atoms with van der Waals surface area (Å²) in [5.41, 5.74) is 2.23. The van der Waals surface area contributed by atoms with Gasteiger partial charge in [-0.15, -0.1) is 0 Å². The van der Waals surface area contributed by atoms with Crippen molar-refractivity contribution in [2.75, 3.05) is 18.1 Å². The van der Waals surface area contributed by atoms with E-state index in [0.717, 1.165) is 21.7 Å². The van der Waals surface area contributed by atoms with Crippen molar-refractivity contribution < 1.29 is 13.2 Å². The van der Waals surface area contributed by atoms with Gasteiger partial charge in [0.15, 0.2) is 0 Å². The van der Waals surface area contributed by atoms with E-state index in [9.17, 15) is 13.2 Å². The maximum absolute atomic E-state index is 12.3. The van der Waals surface area contributed by atoms with E-state index < -0.39 is 15.9 Å². The molecule has 0 aliphatic carbocycles. The van der Waals surface area contributed by atoms with Gasteiger partial charge in [-0.25, -0.2) is 8.42 Å². The van der Waals surface area contributed by atoms with E-state index in [1.807, 2.05) is 37.3 Å². The summed E-state index contributed by atoms with van der Waals surface area (Å²) >= 11 is 5.93. The lowest BCUT2D eigenvalue weighted by molar-refractivity contribution is -0.116. The lowest BCUT2D eigenvalue weighted by Crippen LogP contribution is -2.37. The Kier molecular flexibility index (Phi) is 5.99. The van der Waals surface area contributed by atoms with Crippen LogP contribution < -0.4 is 5.32 Å². The second-order valence-electron chi connectivity index (χ2n) is 5.52. The Morgan fingerprint density at radius 2 is 1.83 bits per heavy atom. The number of nitrogens with zero attached hydrogens (tertiary/aromatic N) is 1. The standard InChI is InChI=1S/C17H19ClN2O3S/c1-13-8-9-15(18)10-16(13)19-17(21)12-20(24(2,22)23)11-14-6-4-3-5-7-14/h3-10H,11-12H2,1-2H3,(H,19,21). The average molecular weight is 367 g/mol. The van der Waals surface area contributed by atoms with Gasteiger partial charge in [0.05, 0.1) is 12.8 Å². The third kappa shape index (κ3) is 5.33. The number of hydrogen-bond donors (Lipinski definition) is 1. The van der Waals surface area contributed by atoms with Crippen LogP contribution in [-0.4, -0.2) is 31.4 Å². The van der Waals surface area contributed by atoms with Crippen LogP contribution in [-0.2, 0) is 21.4 Å². The molecule has 0 atom stereocenters. The lowest BCUT2D eigenvalue weighted by Gasteiger charge is -2.20. The van der Waals surface area contributed by atoms with Crippen LogP contribution in [0.1, 0.15) is 11.1 Å². The van der Waals surface area contributed by atoms with Crippen molar-refractivity contribution in [1.29, 1.82) is 0 Å². The van der Waals surface area contributed by atoms with Gasteiger partial charge in [-0.05, 0) is 30.2 Å². The second-order valence-corrected chi connectivity index (χ2v) is 7.94. The number of carbonyl (C=O) groups excluding carboxylic acids is 1. The number of amides is 1. The van der Waals surface area contributed by atoms with E-state index in [1.54, 1.807) is 18.2 Å². The molecule has 0 bridgehead atoms. The molecule has 0 spiro atoms. The number of hydrogen-bond acceptors (Lipinski definition) is 3. The van der Waals surface area contributed by atoms with Crippen LogP contribution in [0.25, 0.3) is 0 Å². The third-order valence-electron chi connectivity index (χ3n) is 3.46. The maximum atomic E-state index is 12.3. The summed E-state index contributed by atoms with van der Waals surface area (Å²) in [6.07, 6.45) is 1.09. The molecular formula is C17H19ClN2O3S. The Balaban J connectivity index is 2.12. The third-order valence-corrected chi connectivity index (χ3v) is 4.90. The van der Waals surface area contributed by atoms with Crippen LogP contribution >= 0.6 is 11.6 Å². The molecule has 2 aromatic carbocycles. The van der Waals surface area contributed by atoms with Gasteiger partial charge in [-0.2, -0.15) is 4.31 Å². The summed E-state index contributed by atoms with van der Waals surface area (Å²) in [7, 11) is -3.52. The summed E-state index contributed by atoms with van der Waals surface area (Å²) in [6.45, 7) is 1.71. The molecule has 1 amide bonds. The molecule has 5 nitrogen and oxygen atoms in total. The molecule has 0 aliphatic rings. The number of aryl methyl sites for hydroxylation is 1. The predicted octanol–water partition coefficient (Wildman–Crippen LogP) is 3.05. The molecule has 0 saturated heterocycles. The largest absolute Gasteiger partial charge is 0.325 e. The normalized spacial score (nSPS) is 11.5. The van der Waals surface area contributed by atoms with E-state index in [1.165, 1.54) is 0 Å². The molecule has 0 aliphatic heterocycles. The molecule has 0 saturated carbocycles. The maximum Gasteiger partial charge on any atom is 0.239 e. The van der Waals surface area contributed by atoms with Gasteiger partial charge in [0.1, 0.15) is 0 Å². The fraction of sp³-hybridized carbons (Fsp3) is 0.235. The van der Waals surface area contributed by atoms with Crippen LogP contribution in [0.5, 0.6) is 0 Å². The van der Waals surface area contributed by atoms with Crippen molar-refractivity contribution in [1.82, 2.24) is 4.31 Å². The first-order chi connectivity index (χ1) is 11.3. The van der Waals surface area contributed by atoms with Crippen molar-refractivity contribution in [2.24, 2.45) is 0 Å². The first-order valence-electron chi connectivity index (χ1n) is 7.31. The number of halogens is 1. The number of carbonyl (C=O) groups is 1. The molecule has 1 N–H and O–H groups in total. The zero-order valence-corrected chi connectivity index (χ0v) is 15.1. The summed E-state index contributed by atoms with van der Waals surface area (Å²) < 4.78 is 25.1. The highest BCUT2D eigenvalue weighted by Crippen LogP contribution is 2.20. The molecule has 0 aromatic heterocycles. The average Bonchev–Trinajstić information content (AvgIpc) is 2.50. The zero-order chi connectivity index (χ0) is 17.7. The molecule has 2 aromatic rings. The molecule has 7 heteroatoms. The van der Waals surface area contributed by atoms with Crippen molar-refractivity contribution in [2.45, 2.75) is 13.5 Å². The van der Waals surface area contributed by atoms with E-state index in [4.69, 9.17) is 11.6 Å². The highest BCUT2D eigenvalue weighted by Gasteiger charge is 2.20. The minimum Gasteiger partial charge on any atom is -0.325 e. The van der Waals surface area contributed by atoms with Crippen LogP contribution in [0.15, 0.2) is 48.5 Å². The predicted molar refractivity (Wildman–Crippen MR) is 96.5 cm³/mol. The van der Waals surface area contributed by atoms with E-state index in [0.29, 0.717) is 10.7 Å². The first-order valence-corrected chi connectivity index (χ1v) is 9.53. The summed E-state index contributed by atoms with van der Waals surface area (Å²) in [5.74, 6) is -0.415. The SMILES string of the molecule is Cc1ccc(Cl)cc1NC(=O)CN(Cc1ccccc1)S(C)(=O)=O. The number of benzene rings is 2. The zero-order valence-electron chi connectivity index (χ0n) is 13.5. The summed E-state index contributed by atoms with van der Waals surface area (Å²) in [6, 6.07) is 14.3. The Morgan fingerprint density at radius 3 is 2.46 bits per heavy atom. The number of anilines is 1. The van der Waals surface area contributed by atoms with Gasteiger partial charge in [-0.3, -0.25) is 4.79 Å². The van der Waals surface area contributed by atoms with E-state index in [2.05, 4.69) is 5.32 Å². The van der Waals surface area contributed by atoms with E-state index >= 15 is 0 Å². The first kappa shape index (κ1) is 18.4. The Labute approximate surface area is 147 Å². The summed E-state index contributed by atoms with van der Waals surface area (Å²) in [4.78, 5) is 12.3. The van der Waals surface area contributed by atoms with Gasteiger partial charge in [0, 0.05) is 17.3 Å². The van der Waals surface area contributed by atoms with Gasteiger partial charge in [-0.1, -0.05) is 48.0 Å². The van der Waals surface area contributed by atoms with Crippen LogP contribution in [0.4, 0.5) is 5.69 Å². The molecule has 0 unspecified atom stereocenters. The number of nitrogens with one attached hydrogen (secondary N) is 1. The quantitative estimate of drug-likeness (QED) is 0.854. The highest BCUT2D eigenvalue weighted by atomic mass is 35.5. The molecular weight excluding hydrogens is 348 g/mol. The molecule has 24 heavy (non-hydrogen) atoms. The molecule has 0 heterocycles. The van der Waals surface area contributed by atoms with Crippen molar-refractivity contribution in [3.8, 4) is 0 Å². The Bertz CT molecular complexity index is 823. The minimum absolute atomic E-state index is 0.140. The van der Waals surface area contributed by atoms with Gasteiger partial charge < -0.3 is 5.32 Å². The Hall–Kier alpha value is -1.89. The van der Waals surface area contributed by atoms with Crippen molar-refractivity contribution in [3.63, 3.8) is 0 Å². The summed E-state index contributed by atoms with van der Waals surface area (Å²) in [5, 5.41) is 3.21. The smallest absolute Gasteiger partial charge is 0.239 e. The van der Waals surface area contributed by atoms with Crippen LogP contribution in [0, 0.1) is 6.92 Å². The van der Waals surface area contributed by atoms with Crippen LogP contribution in [0.2, 0.25) is 5.02 Å². The topological polar surface area (TPSA) is 66.5 Å². The number of sulfonamides is 1. The van der Waals surface area contributed by atoms with E-state index in [-0.39, 0.29) is 13.1 Å². The van der Waals surface area contributed by atoms with Crippen LogP contribution in [0.3, 0.4) is 0 Å². The van der Waals surface area contributed by atoms with Gasteiger partial charge in [0.2, 0.25) is 15.9 Å². The lowest BCUT2D eigenvalue weighted by atomic mass is 10.2. The molecule has 128 valence electrons. The molecule has 0 radical (unpaired) electrons. The highest BCUT2D eigenvalue weighted by molar-refractivity contribution is 7.88. The Morgan fingerprint density at radius 1 is 1.17 bits per heavy atom. The van der Waals surface area contributed by atoms with Gasteiger partial charge >= 0.3 is 0 Å². The van der Waals surface area contributed by atoms with Crippen molar-refractivity contribution in [3.05, 3.63) is 64.7 Å². The second kappa shape index (κ2) is 7.79.